The summed E-state index contributed by atoms with van der Waals surface area (Å²) in [5.74, 6) is -0.237. The summed E-state index contributed by atoms with van der Waals surface area (Å²) in [4.78, 5) is 23.2. The number of benzene rings is 1. The van der Waals surface area contributed by atoms with Crippen LogP contribution in [0.2, 0.25) is 5.02 Å². The van der Waals surface area contributed by atoms with Crippen LogP contribution in [0, 0.1) is 15.5 Å². The minimum Gasteiger partial charge on any atom is -0.299 e. The zero-order valence-corrected chi connectivity index (χ0v) is 11.1. The molecule has 0 heterocycles. The average molecular weight is 280 g/mol. The molecule has 100 valence electrons. The van der Waals surface area contributed by atoms with Gasteiger partial charge in [-0.25, -0.2) is 0 Å². The molecule has 5 heteroatoms. The Morgan fingerprint density at radius 3 is 2.79 bits per heavy atom. The van der Waals surface area contributed by atoms with Crippen molar-refractivity contribution >= 4 is 17.4 Å². The van der Waals surface area contributed by atoms with Crippen molar-refractivity contribution in [3.05, 3.63) is 45.0 Å². The highest BCUT2D eigenvalue weighted by molar-refractivity contribution is 6.30. The van der Waals surface area contributed by atoms with Gasteiger partial charge in [0.2, 0.25) is 6.04 Å². The van der Waals surface area contributed by atoms with E-state index >= 15 is 0 Å². The first kappa shape index (κ1) is 12.6. The highest BCUT2D eigenvalue weighted by atomic mass is 35.5. The number of rotatable bonds is 2. The van der Waals surface area contributed by atoms with Crippen LogP contribution in [0.1, 0.15) is 37.2 Å². The fraction of sp³-hybridized carbons (Fsp3) is 0.500. The van der Waals surface area contributed by atoms with E-state index < -0.39 is 11.5 Å². The van der Waals surface area contributed by atoms with Crippen molar-refractivity contribution in [1.82, 2.24) is 0 Å². The highest BCUT2D eigenvalue weighted by Gasteiger charge is 2.77. The molecule has 0 bridgehead atoms. The number of hydrogen-bond acceptors (Lipinski definition) is 3. The normalized spacial score (nSPS) is 33.4. The maximum Gasteiger partial charge on any atom is 0.234 e. The Bertz CT molecular complexity index is 559. The third-order valence-electron chi connectivity index (χ3n) is 4.49. The van der Waals surface area contributed by atoms with Gasteiger partial charge in [-0.05, 0) is 30.5 Å². The Balaban J connectivity index is 2.01. The first-order chi connectivity index (χ1) is 9.07. The van der Waals surface area contributed by atoms with Crippen LogP contribution in [0.25, 0.3) is 0 Å². The number of Topliss-reactive ketones (excluding diaryl/α,β-unsaturated/α-hetero) is 1. The van der Waals surface area contributed by atoms with Gasteiger partial charge in [-0.1, -0.05) is 30.2 Å². The number of halogens is 1. The molecule has 0 N–H and O–H groups in total. The number of hydrogen-bond donors (Lipinski definition) is 0. The number of ketones is 1. The van der Waals surface area contributed by atoms with Crippen LogP contribution in [-0.2, 0) is 4.79 Å². The molecule has 2 fully saturated rings. The molecule has 3 atom stereocenters. The summed E-state index contributed by atoms with van der Waals surface area (Å²) >= 11 is 5.95. The molecular formula is C14H14ClNO3. The molecule has 2 saturated carbocycles. The van der Waals surface area contributed by atoms with E-state index in [1.54, 1.807) is 18.2 Å². The molecule has 0 radical (unpaired) electrons. The molecule has 1 aromatic carbocycles. The lowest BCUT2D eigenvalue weighted by Crippen LogP contribution is -2.27. The topological polar surface area (TPSA) is 60.2 Å². The van der Waals surface area contributed by atoms with Crippen molar-refractivity contribution in [2.75, 3.05) is 0 Å². The van der Waals surface area contributed by atoms with E-state index in [1.807, 2.05) is 6.07 Å². The molecule has 19 heavy (non-hydrogen) atoms. The Labute approximate surface area is 115 Å². The van der Waals surface area contributed by atoms with Gasteiger partial charge in [0.15, 0.2) is 0 Å². The molecule has 4 nitrogen and oxygen atoms in total. The predicted octanol–water partition coefficient (Wildman–Crippen LogP) is 3.21. The van der Waals surface area contributed by atoms with Gasteiger partial charge in [0.05, 0.1) is 5.92 Å². The van der Waals surface area contributed by atoms with Crippen molar-refractivity contribution in [3.8, 4) is 0 Å². The summed E-state index contributed by atoms with van der Waals surface area (Å²) in [6.07, 6.45) is 2.86. The molecule has 0 saturated heterocycles. The van der Waals surface area contributed by atoms with Crippen LogP contribution in [0.3, 0.4) is 0 Å². The number of carbonyl (C=O) groups is 1. The zero-order valence-electron chi connectivity index (χ0n) is 10.3. The summed E-state index contributed by atoms with van der Waals surface area (Å²) in [5.41, 5.74) is 0.0661. The van der Waals surface area contributed by atoms with Crippen molar-refractivity contribution < 1.29 is 9.72 Å². The van der Waals surface area contributed by atoms with E-state index in [0.29, 0.717) is 17.9 Å². The fourth-order valence-electron chi connectivity index (χ4n) is 3.63. The van der Waals surface area contributed by atoms with Gasteiger partial charge >= 0.3 is 0 Å². The average Bonchev–Trinajstić information content (AvgIpc) is 3.03. The summed E-state index contributed by atoms with van der Waals surface area (Å²) in [6, 6.07) is 6.35. The smallest absolute Gasteiger partial charge is 0.234 e. The second-order valence-corrected chi connectivity index (χ2v) is 5.87. The van der Waals surface area contributed by atoms with Gasteiger partial charge in [-0.2, -0.15) is 0 Å². The lowest BCUT2D eigenvalue weighted by Gasteiger charge is -2.19. The number of carbonyl (C=O) groups excluding carboxylic acids is 1. The van der Waals surface area contributed by atoms with Crippen molar-refractivity contribution in [2.45, 2.75) is 37.6 Å². The lowest BCUT2D eigenvalue weighted by atomic mass is 9.81. The highest BCUT2D eigenvalue weighted by Crippen LogP contribution is 2.66. The largest absolute Gasteiger partial charge is 0.299 e. The van der Waals surface area contributed by atoms with Gasteiger partial charge < -0.3 is 0 Å². The molecule has 1 aromatic rings. The molecule has 0 aromatic heterocycles. The van der Waals surface area contributed by atoms with Crippen LogP contribution < -0.4 is 0 Å². The van der Waals surface area contributed by atoms with E-state index in [0.717, 1.165) is 18.4 Å². The number of nitrogens with zero attached hydrogens (tertiary/aromatic N) is 1. The first-order valence-electron chi connectivity index (χ1n) is 6.49. The molecular weight excluding hydrogens is 266 g/mol. The molecule has 2 aliphatic rings. The van der Waals surface area contributed by atoms with Crippen molar-refractivity contribution in [2.24, 2.45) is 5.41 Å². The maximum absolute atomic E-state index is 12.2. The van der Waals surface area contributed by atoms with Crippen LogP contribution in [0.4, 0.5) is 0 Å². The van der Waals surface area contributed by atoms with Crippen molar-refractivity contribution in [1.29, 1.82) is 0 Å². The van der Waals surface area contributed by atoms with Crippen LogP contribution in [0.15, 0.2) is 24.3 Å². The minimum atomic E-state index is -0.765. The molecule has 3 rings (SSSR count). The first-order valence-corrected chi connectivity index (χ1v) is 6.87. The molecule has 0 aliphatic heterocycles. The van der Waals surface area contributed by atoms with Crippen LogP contribution >= 0.6 is 11.6 Å². The maximum atomic E-state index is 12.2. The number of nitro groups is 1. The van der Waals surface area contributed by atoms with Gasteiger partial charge in [-0.15, -0.1) is 0 Å². The van der Waals surface area contributed by atoms with E-state index in [9.17, 15) is 14.9 Å². The quantitative estimate of drug-likeness (QED) is 0.617. The van der Waals surface area contributed by atoms with Gasteiger partial charge in [0, 0.05) is 16.4 Å². The summed E-state index contributed by atoms with van der Waals surface area (Å²) in [6.45, 7) is 0. The Morgan fingerprint density at radius 1 is 1.37 bits per heavy atom. The summed E-state index contributed by atoms with van der Waals surface area (Å²) in [5, 5.41) is 11.8. The van der Waals surface area contributed by atoms with E-state index in [4.69, 9.17) is 11.6 Å². The monoisotopic (exact) mass is 279 g/mol. The minimum absolute atomic E-state index is 0.0606. The molecule has 0 amide bonds. The Hall–Kier alpha value is -1.42. The van der Waals surface area contributed by atoms with E-state index in [1.165, 1.54) is 0 Å². The third kappa shape index (κ3) is 1.77. The lowest BCUT2D eigenvalue weighted by molar-refractivity contribution is -0.502. The summed E-state index contributed by atoms with van der Waals surface area (Å²) < 4.78 is 0. The van der Waals surface area contributed by atoms with Crippen molar-refractivity contribution in [3.63, 3.8) is 0 Å². The van der Waals surface area contributed by atoms with Crippen LogP contribution in [0.5, 0.6) is 0 Å². The standard InChI is InChI=1S/C14H14ClNO3/c15-10-5-3-4-9(8-10)12-13(16(18)19)14(12)7-2-1-6-11(14)17/h3-5,8,12-13H,1-2,6-7H2/t12-,13-,14-/m1/s1. The molecule has 0 unspecified atom stereocenters. The second kappa shape index (κ2) is 4.30. The SMILES string of the molecule is O=C1CCCC[C@]12[C@H](c1cccc(Cl)c1)[C@H]2[N+](=O)[O-]. The van der Waals surface area contributed by atoms with Gasteiger partial charge in [0.1, 0.15) is 11.2 Å². The summed E-state index contributed by atoms with van der Waals surface area (Å²) in [7, 11) is 0. The third-order valence-corrected chi connectivity index (χ3v) is 4.72. The zero-order chi connectivity index (χ0) is 13.6. The van der Waals surface area contributed by atoms with E-state index in [-0.39, 0.29) is 16.6 Å². The van der Waals surface area contributed by atoms with Gasteiger partial charge in [-0.3, -0.25) is 14.9 Å². The Kier molecular flexibility index (Phi) is 2.86. The molecule has 2 aliphatic carbocycles. The second-order valence-electron chi connectivity index (χ2n) is 5.43. The molecule has 1 spiro atoms. The van der Waals surface area contributed by atoms with E-state index in [2.05, 4.69) is 0 Å². The fourth-order valence-corrected chi connectivity index (χ4v) is 3.82. The predicted molar refractivity (Wildman–Crippen MR) is 70.9 cm³/mol. The van der Waals surface area contributed by atoms with Crippen LogP contribution in [-0.4, -0.2) is 16.7 Å². The van der Waals surface area contributed by atoms with Gasteiger partial charge in [0.25, 0.3) is 0 Å². The Morgan fingerprint density at radius 2 is 2.16 bits per heavy atom.